The van der Waals surface area contributed by atoms with Crippen LogP contribution in [0.15, 0.2) is 18.2 Å². The lowest BCUT2D eigenvalue weighted by Crippen LogP contribution is -2.44. The Morgan fingerprint density at radius 2 is 2.05 bits per heavy atom. The fourth-order valence-electron chi connectivity index (χ4n) is 2.13. The Bertz CT molecular complexity index is 575. The van der Waals surface area contributed by atoms with Crippen LogP contribution in [0.25, 0.3) is 0 Å². The highest BCUT2D eigenvalue weighted by atomic mass is 16.5. The van der Waals surface area contributed by atoms with E-state index < -0.39 is 11.5 Å². The molecule has 1 aliphatic heterocycles. The number of hydrogen-bond acceptors (Lipinski definition) is 3. The first-order chi connectivity index (χ1) is 9.74. The third-order valence-corrected chi connectivity index (χ3v) is 3.42. The van der Waals surface area contributed by atoms with Gasteiger partial charge in [-0.1, -0.05) is 20.8 Å². The van der Waals surface area contributed by atoms with Crippen molar-refractivity contribution in [3.63, 3.8) is 0 Å². The summed E-state index contributed by atoms with van der Waals surface area (Å²) in [5, 5.41) is 2.87. The molecule has 1 aromatic rings. The summed E-state index contributed by atoms with van der Waals surface area (Å²) in [5.74, 6) is 0.516. The van der Waals surface area contributed by atoms with E-state index in [0.717, 1.165) is 5.69 Å². The van der Waals surface area contributed by atoms with E-state index in [9.17, 15) is 9.59 Å². The Labute approximate surface area is 125 Å². The lowest BCUT2D eigenvalue weighted by Gasteiger charge is -2.32. The van der Waals surface area contributed by atoms with Crippen molar-refractivity contribution in [3.8, 4) is 5.75 Å². The SMILES string of the molecule is CCN1C(=O)C(C)Oc2cc(NC(=O)C(C)(C)C)ccc21. The van der Waals surface area contributed by atoms with Gasteiger partial charge in [-0.3, -0.25) is 9.59 Å². The summed E-state index contributed by atoms with van der Waals surface area (Å²) in [4.78, 5) is 25.8. The van der Waals surface area contributed by atoms with Gasteiger partial charge in [-0.15, -0.1) is 0 Å². The Balaban J connectivity index is 2.30. The minimum absolute atomic E-state index is 0.0449. The molecule has 114 valence electrons. The number of benzene rings is 1. The molecular weight excluding hydrogens is 268 g/mol. The third-order valence-electron chi connectivity index (χ3n) is 3.42. The van der Waals surface area contributed by atoms with Gasteiger partial charge in [0.25, 0.3) is 5.91 Å². The molecule has 0 radical (unpaired) electrons. The Morgan fingerprint density at radius 1 is 1.38 bits per heavy atom. The molecule has 1 atom stereocenters. The van der Waals surface area contributed by atoms with Crippen LogP contribution in [-0.4, -0.2) is 24.5 Å². The van der Waals surface area contributed by atoms with Crippen molar-refractivity contribution in [2.45, 2.75) is 40.7 Å². The third kappa shape index (κ3) is 3.01. The summed E-state index contributed by atoms with van der Waals surface area (Å²) in [5.41, 5.74) is 0.954. The summed E-state index contributed by atoms with van der Waals surface area (Å²) in [7, 11) is 0. The number of nitrogens with one attached hydrogen (secondary N) is 1. The maximum absolute atomic E-state index is 12.0. The fraction of sp³-hybridized carbons (Fsp3) is 0.500. The number of anilines is 2. The Hall–Kier alpha value is -2.04. The number of amides is 2. The lowest BCUT2D eigenvalue weighted by molar-refractivity contribution is -0.125. The smallest absolute Gasteiger partial charge is 0.267 e. The Kier molecular flexibility index (Phi) is 3.94. The number of hydrogen-bond donors (Lipinski definition) is 1. The van der Waals surface area contributed by atoms with E-state index in [-0.39, 0.29) is 11.8 Å². The summed E-state index contributed by atoms with van der Waals surface area (Å²) in [6.07, 6.45) is -0.508. The van der Waals surface area contributed by atoms with E-state index in [2.05, 4.69) is 5.32 Å². The average molecular weight is 290 g/mol. The molecule has 0 bridgehead atoms. The Morgan fingerprint density at radius 3 is 2.62 bits per heavy atom. The molecule has 2 rings (SSSR count). The molecule has 5 heteroatoms. The number of rotatable bonds is 2. The van der Waals surface area contributed by atoms with Crippen LogP contribution in [0.5, 0.6) is 5.75 Å². The van der Waals surface area contributed by atoms with E-state index in [4.69, 9.17) is 4.74 Å². The van der Waals surface area contributed by atoms with Crippen LogP contribution in [-0.2, 0) is 9.59 Å². The quantitative estimate of drug-likeness (QED) is 0.911. The molecule has 1 aliphatic rings. The minimum atomic E-state index is -0.508. The first-order valence-corrected chi connectivity index (χ1v) is 7.17. The van der Waals surface area contributed by atoms with Crippen molar-refractivity contribution in [1.82, 2.24) is 0 Å². The van der Waals surface area contributed by atoms with Crippen molar-refractivity contribution in [1.29, 1.82) is 0 Å². The first kappa shape index (κ1) is 15.4. The van der Waals surface area contributed by atoms with E-state index in [0.29, 0.717) is 18.0 Å². The maximum atomic E-state index is 12.0. The maximum Gasteiger partial charge on any atom is 0.267 e. The van der Waals surface area contributed by atoms with Gasteiger partial charge in [0.2, 0.25) is 5.91 Å². The second kappa shape index (κ2) is 5.39. The second-order valence-electron chi connectivity index (χ2n) is 6.23. The molecule has 5 nitrogen and oxygen atoms in total. The van der Waals surface area contributed by atoms with Crippen molar-refractivity contribution in [2.75, 3.05) is 16.8 Å². The van der Waals surface area contributed by atoms with Crippen LogP contribution in [0.1, 0.15) is 34.6 Å². The second-order valence-corrected chi connectivity index (χ2v) is 6.23. The number of fused-ring (bicyclic) bond motifs is 1. The van der Waals surface area contributed by atoms with Gasteiger partial charge in [0.1, 0.15) is 5.75 Å². The molecular formula is C16H22N2O3. The summed E-state index contributed by atoms with van der Waals surface area (Å²) < 4.78 is 5.64. The van der Waals surface area contributed by atoms with Gasteiger partial charge in [0.15, 0.2) is 6.10 Å². The molecule has 1 heterocycles. The van der Waals surface area contributed by atoms with E-state index in [1.54, 1.807) is 30.0 Å². The highest BCUT2D eigenvalue weighted by molar-refractivity contribution is 6.01. The molecule has 21 heavy (non-hydrogen) atoms. The van der Waals surface area contributed by atoms with Gasteiger partial charge in [-0.2, -0.15) is 0 Å². The number of carbonyl (C=O) groups is 2. The van der Waals surface area contributed by atoms with E-state index in [1.165, 1.54) is 0 Å². The molecule has 0 spiro atoms. The normalized spacial score (nSPS) is 18.0. The average Bonchev–Trinajstić information content (AvgIpc) is 2.39. The molecule has 1 N–H and O–H groups in total. The van der Waals surface area contributed by atoms with Crippen molar-refractivity contribution in [3.05, 3.63) is 18.2 Å². The zero-order chi connectivity index (χ0) is 15.8. The minimum Gasteiger partial charge on any atom is -0.479 e. The molecule has 0 saturated heterocycles. The topological polar surface area (TPSA) is 58.6 Å². The van der Waals surface area contributed by atoms with Crippen LogP contribution >= 0.6 is 0 Å². The van der Waals surface area contributed by atoms with Crippen LogP contribution < -0.4 is 15.0 Å². The highest BCUT2D eigenvalue weighted by Crippen LogP contribution is 2.36. The number of ether oxygens (including phenoxy) is 1. The van der Waals surface area contributed by atoms with Crippen molar-refractivity contribution >= 4 is 23.2 Å². The predicted molar refractivity (Wildman–Crippen MR) is 82.6 cm³/mol. The van der Waals surface area contributed by atoms with Gasteiger partial charge >= 0.3 is 0 Å². The van der Waals surface area contributed by atoms with Crippen LogP contribution in [0.2, 0.25) is 0 Å². The number of carbonyl (C=O) groups excluding carboxylic acids is 2. The molecule has 0 saturated carbocycles. The summed E-state index contributed by atoms with van der Waals surface area (Å²) in [6, 6.07) is 5.36. The van der Waals surface area contributed by atoms with Gasteiger partial charge in [0.05, 0.1) is 5.69 Å². The monoisotopic (exact) mass is 290 g/mol. The van der Waals surface area contributed by atoms with Crippen LogP contribution in [0, 0.1) is 5.41 Å². The van der Waals surface area contributed by atoms with Crippen LogP contribution in [0.4, 0.5) is 11.4 Å². The lowest BCUT2D eigenvalue weighted by atomic mass is 9.95. The van der Waals surface area contributed by atoms with E-state index >= 15 is 0 Å². The molecule has 0 aliphatic carbocycles. The first-order valence-electron chi connectivity index (χ1n) is 7.17. The number of nitrogens with zero attached hydrogens (tertiary/aromatic N) is 1. The molecule has 0 aromatic heterocycles. The zero-order valence-electron chi connectivity index (χ0n) is 13.2. The predicted octanol–water partition coefficient (Wildman–Crippen LogP) is 2.81. The number of likely N-dealkylation sites (N-methyl/N-ethyl adjacent to an activating group) is 1. The standard InChI is InChI=1S/C16H22N2O3/c1-6-18-12-8-7-11(17-15(20)16(3,4)5)9-13(12)21-10(2)14(18)19/h7-10H,6H2,1-5H3,(H,17,20). The van der Waals surface area contributed by atoms with Gasteiger partial charge in [0, 0.05) is 23.7 Å². The summed E-state index contributed by atoms with van der Waals surface area (Å²) >= 11 is 0. The van der Waals surface area contributed by atoms with E-state index in [1.807, 2.05) is 27.7 Å². The van der Waals surface area contributed by atoms with Gasteiger partial charge < -0.3 is 15.0 Å². The highest BCUT2D eigenvalue weighted by Gasteiger charge is 2.31. The summed E-state index contributed by atoms with van der Waals surface area (Å²) in [6.45, 7) is 9.82. The van der Waals surface area contributed by atoms with Gasteiger partial charge in [-0.05, 0) is 26.0 Å². The molecule has 1 aromatic carbocycles. The largest absolute Gasteiger partial charge is 0.479 e. The zero-order valence-corrected chi connectivity index (χ0v) is 13.2. The van der Waals surface area contributed by atoms with Crippen molar-refractivity contribution < 1.29 is 14.3 Å². The molecule has 2 amide bonds. The molecule has 0 fully saturated rings. The van der Waals surface area contributed by atoms with Gasteiger partial charge in [-0.25, -0.2) is 0 Å². The van der Waals surface area contributed by atoms with Crippen LogP contribution in [0.3, 0.4) is 0 Å². The fourth-order valence-corrected chi connectivity index (χ4v) is 2.13. The van der Waals surface area contributed by atoms with Crippen molar-refractivity contribution in [2.24, 2.45) is 5.41 Å². The molecule has 1 unspecified atom stereocenters.